The molecular formula is C18H20N2OS. The van der Waals surface area contributed by atoms with Crippen molar-refractivity contribution in [3.05, 3.63) is 65.5 Å². The van der Waals surface area contributed by atoms with Crippen LogP contribution in [0.25, 0.3) is 0 Å². The lowest BCUT2D eigenvalue weighted by molar-refractivity contribution is -0.128. The number of thioether (sulfide) groups is 1. The maximum absolute atomic E-state index is 12.2. The first-order chi connectivity index (χ1) is 10.8. The normalized spacial score (nSPS) is 18.0. The van der Waals surface area contributed by atoms with Crippen molar-refractivity contribution in [2.24, 2.45) is 0 Å². The van der Waals surface area contributed by atoms with E-state index >= 15 is 0 Å². The Kier molecular flexibility index (Phi) is 4.78. The molecule has 0 aliphatic carbocycles. The fraction of sp³-hybridized carbons (Fsp3) is 0.333. The summed E-state index contributed by atoms with van der Waals surface area (Å²) < 4.78 is 0. The van der Waals surface area contributed by atoms with E-state index in [1.807, 2.05) is 23.1 Å². The zero-order chi connectivity index (χ0) is 15.4. The largest absolute Gasteiger partial charge is 0.325 e. The number of carbonyl (C=O) groups is 1. The lowest BCUT2D eigenvalue weighted by atomic mass is 10.1. The van der Waals surface area contributed by atoms with Gasteiger partial charge in [-0.2, -0.15) is 0 Å². The molecule has 1 aliphatic heterocycles. The van der Waals surface area contributed by atoms with Crippen LogP contribution >= 0.6 is 11.8 Å². The van der Waals surface area contributed by atoms with Crippen LogP contribution in [0.15, 0.2) is 48.7 Å². The van der Waals surface area contributed by atoms with Crippen LogP contribution in [0.2, 0.25) is 0 Å². The van der Waals surface area contributed by atoms with Crippen LogP contribution in [0, 0.1) is 0 Å². The molecule has 2 aromatic rings. The van der Waals surface area contributed by atoms with E-state index in [0.29, 0.717) is 5.75 Å². The average Bonchev–Trinajstić information content (AvgIpc) is 2.95. The van der Waals surface area contributed by atoms with Gasteiger partial charge in [0.15, 0.2) is 0 Å². The molecule has 22 heavy (non-hydrogen) atoms. The summed E-state index contributed by atoms with van der Waals surface area (Å²) in [4.78, 5) is 18.5. The number of nitrogens with zero attached hydrogens (tertiary/aromatic N) is 2. The van der Waals surface area contributed by atoms with E-state index in [-0.39, 0.29) is 11.3 Å². The first kappa shape index (κ1) is 15.1. The lowest BCUT2D eigenvalue weighted by Gasteiger charge is -2.24. The van der Waals surface area contributed by atoms with Crippen LogP contribution in [0.5, 0.6) is 0 Å². The van der Waals surface area contributed by atoms with Crippen molar-refractivity contribution in [2.75, 3.05) is 12.3 Å². The summed E-state index contributed by atoms with van der Waals surface area (Å²) in [7, 11) is 0. The number of aromatic nitrogens is 1. The first-order valence-corrected chi connectivity index (χ1v) is 8.72. The highest BCUT2D eigenvalue weighted by molar-refractivity contribution is 8.00. The van der Waals surface area contributed by atoms with Gasteiger partial charge in [0.1, 0.15) is 5.37 Å². The molecule has 1 fully saturated rings. The van der Waals surface area contributed by atoms with Gasteiger partial charge in [-0.05, 0) is 29.7 Å². The Morgan fingerprint density at radius 1 is 1.23 bits per heavy atom. The summed E-state index contributed by atoms with van der Waals surface area (Å²) in [5.41, 5.74) is 3.58. The zero-order valence-electron chi connectivity index (χ0n) is 12.7. The molecule has 114 valence electrons. The number of rotatable bonds is 5. The van der Waals surface area contributed by atoms with Gasteiger partial charge in [-0.15, -0.1) is 11.8 Å². The van der Waals surface area contributed by atoms with Gasteiger partial charge in [-0.3, -0.25) is 9.78 Å². The molecule has 1 saturated heterocycles. The van der Waals surface area contributed by atoms with Crippen LogP contribution in [-0.4, -0.2) is 28.1 Å². The molecule has 1 atom stereocenters. The monoisotopic (exact) mass is 312 g/mol. The van der Waals surface area contributed by atoms with Gasteiger partial charge in [0, 0.05) is 24.9 Å². The van der Waals surface area contributed by atoms with Crippen molar-refractivity contribution in [3.8, 4) is 0 Å². The summed E-state index contributed by atoms with van der Waals surface area (Å²) in [6, 6.07) is 14.6. The van der Waals surface area contributed by atoms with E-state index in [9.17, 15) is 4.79 Å². The van der Waals surface area contributed by atoms with Crippen LogP contribution < -0.4 is 0 Å². The minimum Gasteiger partial charge on any atom is -0.325 e. The van der Waals surface area contributed by atoms with E-state index in [2.05, 4.69) is 36.2 Å². The third kappa shape index (κ3) is 3.33. The third-order valence-electron chi connectivity index (χ3n) is 3.98. The second-order valence-electron chi connectivity index (χ2n) is 5.42. The van der Waals surface area contributed by atoms with Gasteiger partial charge in [0.25, 0.3) is 0 Å². The van der Waals surface area contributed by atoms with Crippen molar-refractivity contribution in [2.45, 2.75) is 25.1 Å². The number of hydrogen-bond acceptors (Lipinski definition) is 3. The van der Waals surface area contributed by atoms with Gasteiger partial charge < -0.3 is 4.90 Å². The van der Waals surface area contributed by atoms with Crippen molar-refractivity contribution < 1.29 is 4.79 Å². The van der Waals surface area contributed by atoms with Crippen LogP contribution in [0.3, 0.4) is 0 Å². The van der Waals surface area contributed by atoms with Crippen LogP contribution in [-0.2, 0) is 17.6 Å². The Morgan fingerprint density at radius 2 is 2.05 bits per heavy atom. The summed E-state index contributed by atoms with van der Waals surface area (Å²) in [6.07, 6.45) is 3.65. The molecule has 0 bridgehead atoms. The Bertz CT molecular complexity index is 627. The second-order valence-corrected chi connectivity index (χ2v) is 6.49. The van der Waals surface area contributed by atoms with Gasteiger partial charge in [-0.25, -0.2) is 0 Å². The predicted molar refractivity (Wildman–Crippen MR) is 90.7 cm³/mol. The predicted octanol–water partition coefficient (Wildman–Crippen LogP) is 3.46. The SMILES string of the molecule is CCc1ccc(C2SCC(=O)N2CCc2ccccn2)cc1. The lowest BCUT2D eigenvalue weighted by Crippen LogP contribution is -2.30. The number of hydrogen-bond donors (Lipinski definition) is 0. The van der Waals surface area contributed by atoms with E-state index in [1.54, 1.807) is 18.0 Å². The van der Waals surface area contributed by atoms with E-state index in [0.717, 1.165) is 25.1 Å². The molecule has 0 radical (unpaired) electrons. The average molecular weight is 312 g/mol. The molecule has 1 aromatic carbocycles. The minimum absolute atomic E-state index is 0.141. The van der Waals surface area contributed by atoms with E-state index in [1.165, 1.54) is 11.1 Å². The first-order valence-electron chi connectivity index (χ1n) is 7.67. The topological polar surface area (TPSA) is 33.2 Å². The maximum Gasteiger partial charge on any atom is 0.233 e. The van der Waals surface area contributed by atoms with Gasteiger partial charge in [0.2, 0.25) is 5.91 Å². The number of pyridine rings is 1. The highest BCUT2D eigenvalue weighted by Gasteiger charge is 2.32. The standard InChI is InChI=1S/C18H20N2OS/c1-2-14-6-8-15(9-7-14)18-20(17(21)13-22-18)12-10-16-5-3-4-11-19-16/h3-9,11,18H,2,10,12-13H2,1H3. The molecule has 1 amide bonds. The number of carbonyl (C=O) groups excluding carboxylic acids is 1. The van der Waals surface area contributed by atoms with Crippen molar-refractivity contribution in [1.82, 2.24) is 9.88 Å². The number of amides is 1. The number of benzene rings is 1. The fourth-order valence-corrected chi connectivity index (χ4v) is 3.89. The molecule has 1 unspecified atom stereocenters. The summed E-state index contributed by atoms with van der Waals surface area (Å²) in [5, 5.41) is 0.141. The molecule has 1 aromatic heterocycles. The summed E-state index contributed by atoms with van der Waals surface area (Å²) in [6.45, 7) is 2.88. The molecule has 0 N–H and O–H groups in total. The van der Waals surface area contributed by atoms with Crippen molar-refractivity contribution in [1.29, 1.82) is 0 Å². The zero-order valence-corrected chi connectivity index (χ0v) is 13.6. The molecule has 3 rings (SSSR count). The van der Waals surface area contributed by atoms with Gasteiger partial charge >= 0.3 is 0 Å². The molecule has 2 heterocycles. The Balaban J connectivity index is 1.71. The molecule has 3 nitrogen and oxygen atoms in total. The summed E-state index contributed by atoms with van der Waals surface area (Å²) >= 11 is 1.72. The fourth-order valence-electron chi connectivity index (χ4n) is 2.67. The molecule has 1 aliphatic rings. The molecule has 0 spiro atoms. The van der Waals surface area contributed by atoms with Crippen LogP contribution in [0.4, 0.5) is 0 Å². The second kappa shape index (κ2) is 6.97. The summed E-state index contributed by atoms with van der Waals surface area (Å²) in [5.74, 6) is 0.799. The van der Waals surface area contributed by atoms with Crippen molar-refractivity contribution >= 4 is 17.7 Å². The van der Waals surface area contributed by atoms with Gasteiger partial charge in [-0.1, -0.05) is 37.3 Å². The van der Waals surface area contributed by atoms with E-state index < -0.39 is 0 Å². The smallest absolute Gasteiger partial charge is 0.233 e. The molecule has 0 saturated carbocycles. The minimum atomic E-state index is 0.141. The van der Waals surface area contributed by atoms with Crippen molar-refractivity contribution in [3.63, 3.8) is 0 Å². The number of aryl methyl sites for hydroxylation is 1. The van der Waals surface area contributed by atoms with Gasteiger partial charge in [0.05, 0.1) is 5.75 Å². The third-order valence-corrected chi connectivity index (χ3v) is 5.23. The maximum atomic E-state index is 12.2. The Morgan fingerprint density at radius 3 is 2.73 bits per heavy atom. The van der Waals surface area contributed by atoms with Crippen LogP contribution in [0.1, 0.15) is 29.1 Å². The highest BCUT2D eigenvalue weighted by atomic mass is 32.2. The molecular weight excluding hydrogens is 292 g/mol. The Labute approximate surface area is 135 Å². The van der Waals surface area contributed by atoms with E-state index in [4.69, 9.17) is 0 Å². The molecule has 4 heteroatoms. The Hall–Kier alpha value is -1.81. The quantitative estimate of drug-likeness (QED) is 0.847. The highest BCUT2D eigenvalue weighted by Crippen LogP contribution is 2.38.